The second-order valence-corrected chi connectivity index (χ2v) is 8.15. The summed E-state index contributed by atoms with van der Waals surface area (Å²) in [6, 6.07) is 0.167. The molecule has 9 nitrogen and oxygen atoms in total. The second kappa shape index (κ2) is 6.24. The van der Waals surface area contributed by atoms with Gasteiger partial charge in [-0.3, -0.25) is 19.8 Å². The predicted molar refractivity (Wildman–Crippen MR) is 102 cm³/mol. The summed E-state index contributed by atoms with van der Waals surface area (Å²) in [5, 5.41) is 6.46. The molecule has 4 amide bonds. The van der Waals surface area contributed by atoms with Crippen LogP contribution < -0.4 is 10.2 Å². The minimum atomic E-state index is -1.62. The Balaban J connectivity index is 1.78. The molecule has 30 heavy (non-hydrogen) atoms. The van der Waals surface area contributed by atoms with Crippen LogP contribution in [0.1, 0.15) is 26.3 Å². The Morgan fingerprint density at radius 3 is 2.83 bits per heavy atom. The highest BCUT2D eigenvalue weighted by Crippen LogP contribution is 2.49. The number of imide groups is 2. The summed E-state index contributed by atoms with van der Waals surface area (Å²) in [7, 11) is 0. The molecule has 0 bridgehead atoms. The van der Waals surface area contributed by atoms with Gasteiger partial charge >= 0.3 is 6.03 Å². The zero-order valence-corrected chi connectivity index (χ0v) is 16.8. The van der Waals surface area contributed by atoms with Crippen LogP contribution >= 0.6 is 0 Å². The van der Waals surface area contributed by atoms with Gasteiger partial charge in [0.25, 0.3) is 0 Å². The molecule has 158 valence electrons. The fourth-order valence-electron chi connectivity index (χ4n) is 5.31. The molecule has 3 aliphatic heterocycles. The minimum absolute atomic E-state index is 0.0278. The summed E-state index contributed by atoms with van der Waals surface area (Å²) in [6.45, 7) is 5.67. The van der Waals surface area contributed by atoms with E-state index in [2.05, 4.69) is 10.5 Å². The van der Waals surface area contributed by atoms with Crippen LogP contribution in [0.15, 0.2) is 16.8 Å². The molecule has 3 aliphatic rings. The number of amides is 4. The van der Waals surface area contributed by atoms with Crippen molar-refractivity contribution in [1.82, 2.24) is 15.4 Å². The van der Waals surface area contributed by atoms with E-state index in [1.165, 1.54) is 6.20 Å². The molecule has 1 aromatic carbocycles. The van der Waals surface area contributed by atoms with E-state index >= 15 is 4.39 Å². The normalized spacial score (nSPS) is 31.2. The Kier molecular flexibility index (Phi) is 3.95. The number of carbonyl (C=O) groups excluding carboxylic acids is 3. The lowest BCUT2D eigenvalue weighted by molar-refractivity contribution is -0.160. The van der Waals surface area contributed by atoms with E-state index in [4.69, 9.17) is 9.26 Å². The zero-order valence-electron chi connectivity index (χ0n) is 16.8. The number of hydrogen-bond acceptors (Lipinski definition) is 7. The van der Waals surface area contributed by atoms with E-state index in [-0.39, 0.29) is 36.9 Å². The van der Waals surface area contributed by atoms with Crippen molar-refractivity contribution in [2.24, 2.45) is 5.41 Å². The molecule has 2 saturated heterocycles. The van der Waals surface area contributed by atoms with Crippen molar-refractivity contribution in [3.8, 4) is 0 Å². The number of rotatable bonds is 1. The van der Waals surface area contributed by atoms with Gasteiger partial charge in [0.15, 0.2) is 11.2 Å². The highest BCUT2D eigenvalue weighted by molar-refractivity contribution is 6.20. The average Bonchev–Trinajstić information content (AvgIpc) is 3.14. The van der Waals surface area contributed by atoms with Crippen LogP contribution in [-0.2, 0) is 20.7 Å². The summed E-state index contributed by atoms with van der Waals surface area (Å²) >= 11 is 0. The first-order chi connectivity index (χ1) is 14.3. The van der Waals surface area contributed by atoms with Crippen LogP contribution in [-0.4, -0.2) is 59.2 Å². The maximum absolute atomic E-state index is 15.5. The number of aromatic nitrogens is 1. The van der Waals surface area contributed by atoms with Crippen molar-refractivity contribution < 1.29 is 28.0 Å². The van der Waals surface area contributed by atoms with Crippen LogP contribution in [0, 0.1) is 11.2 Å². The Hall–Kier alpha value is -3.01. The average molecular weight is 416 g/mol. The van der Waals surface area contributed by atoms with Gasteiger partial charge in [-0.15, -0.1) is 0 Å². The Labute approximate surface area is 171 Å². The predicted octanol–water partition coefficient (Wildman–Crippen LogP) is 1.59. The summed E-state index contributed by atoms with van der Waals surface area (Å²) in [5.74, 6) is -1.85. The molecular weight excluding hydrogens is 395 g/mol. The van der Waals surface area contributed by atoms with Crippen LogP contribution in [0.5, 0.6) is 0 Å². The van der Waals surface area contributed by atoms with Crippen molar-refractivity contribution >= 4 is 34.5 Å². The largest absolute Gasteiger partial charge is 0.372 e. The number of barbiturate groups is 1. The SMILES string of the molecule is CCN1C(=O)NC(=O)C2(Cc3cc4cnoc4c(F)c3N3C[C@@H](C)O[C@@H](C)[C@@H]32)C1=O. The van der Waals surface area contributed by atoms with Crippen LogP contribution in [0.4, 0.5) is 14.9 Å². The first kappa shape index (κ1) is 19.0. The number of hydrogen-bond donors (Lipinski definition) is 1. The molecule has 1 N–H and O–H groups in total. The number of carbonyl (C=O) groups is 3. The number of benzene rings is 1. The van der Waals surface area contributed by atoms with Gasteiger partial charge in [-0.25, -0.2) is 9.18 Å². The Morgan fingerprint density at radius 2 is 2.10 bits per heavy atom. The maximum Gasteiger partial charge on any atom is 0.330 e. The summed E-state index contributed by atoms with van der Waals surface area (Å²) < 4.78 is 26.6. The number of urea groups is 1. The van der Waals surface area contributed by atoms with Crippen LogP contribution in [0.25, 0.3) is 11.0 Å². The molecule has 0 saturated carbocycles. The van der Waals surface area contributed by atoms with Gasteiger partial charge in [0.1, 0.15) is 0 Å². The zero-order chi connectivity index (χ0) is 21.4. The van der Waals surface area contributed by atoms with Gasteiger partial charge in [0.2, 0.25) is 17.4 Å². The lowest BCUT2D eigenvalue weighted by Crippen LogP contribution is -2.75. The van der Waals surface area contributed by atoms with Crippen molar-refractivity contribution in [2.45, 2.75) is 45.4 Å². The Morgan fingerprint density at radius 1 is 1.33 bits per heavy atom. The minimum Gasteiger partial charge on any atom is -0.372 e. The van der Waals surface area contributed by atoms with E-state index in [0.717, 1.165) is 4.90 Å². The fraction of sp³-hybridized carbons (Fsp3) is 0.500. The molecule has 4 atom stereocenters. The van der Waals surface area contributed by atoms with Crippen LogP contribution in [0.3, 0.4) is 0 Å². The highest BCUT2D eigenvalue weighted by Gasteiger charge is 2.64. The fourth-order valence-corrected chi connectivity index (χ4v) is 5.31. The quantitative estimate of drug-likeness (QED) is 0.704. The van der Waals surface area contributed by atoms with E-state index in [1.807, 2.05) is 6.92 Å². The monoisotopic (exact) mass is 416 g/mol. The van der Waals surface area contributed by atoms with Crippen molar-refractivity contribution in [3.05, 3.63) is 23.6 Å². The van der Waals surface area contributed by atoms with E-state index in [0.29, 0.717) is 10.9 Å². The smallest absolute Gasteiger partial charge is 0.330 e. The number of morpholine rings is 1. The number of ether oxygens (including phenoxy) is 1. The summed E-state index contributed by atoms with van der Waals surface area (Å²) in [6.07, 6.45) is 0.521. The van der Waals surface area contributed by atoms with Gasteiger partial charge in [-0.2, -0.15) is 0 Å². The van der Waals surface area contributed by atoms with Gasteiger partial charge in [-0.05, 0) is 32.4 Å². The molecular formula is C20H21FN4O5. The first-order valence-corrected chi connectivity index (χ1v) is 9.94. The molecule has 0 aliphatic carbocycles. The van der Waals surface area contributed by atoms with Gasteiger partial charge < -0.3 is 14.2 Å². The van der Waals surface area contributed by atoms with Gasteiger partial charge in [0.05, 0.1) is 30.1 Å². The number of nitrogens with one attached hydrogen (secondary N) is 1. The number of nitrogens with zero attached hydrogens (tertiary/aromatic N) is 3. The van der Waals surface area contributed by atoms with E-state index in [9.17, 15) is 14.4 Å². The third-order valence-electron chi connectivity index (χ3n) is 6.40. The molecule has 0 radical (unpaired) electrons. The topological polar surface area (TPSA) is 105 Å². The number of halogens is 1. The molecule has 1 unspecified atom stereocenters. The highest BCUT2D eigenvalue weighted by atomic mass is 19.1. The van der Waals surface area contributed by atoms with E-state index < -0.39 is 41.2 Å². The third kappa shape index (κ3) is 2.25. The molecule has 10 heteroatoms. The van der Waals surface area contributed by atoms with Crippen molar-refractivity contribution in [3.63, 3.8) is 0 Å². The Bertz CT molecular complexity index is 1100. The lowest BCUT2D eigenvalue weighted by atomic mass is 9.66. The van der Waals surface area contributed by atoms with E-state index in [1.54, 1.807) is 24.8 Å². The molecule has 2 fully saturated rings. The second-order valence-electron chi connectivity index (χ2n) is 8.15. The van der Waals surface area contributed by atoms with Crippen LogP contribution in [0.2, 0.25) is 0 Å². The number of fused-ring (bicyclic) bond motifs is 5. The summed E-state index contributed by atoms with van der Waals surface area (Å²) in [4.78, 5) is 41.9. The van der Waals surface area contributed by atoms with Crippen molar-refractivity contribution in [2.75, 3.05) is 18.0 Å². The molecule has 2 aromatic rings. The molecule has 1 spiro atoms. The van der Waals surface area contributed by atoms with Gasteiger partial charge in [0, 0.05) is 24.9 Å². The molecule has 1 aromatic heterocycles. The van der Waals surface area contributed by atoms with Crippen molar-refractivity contribution in [1.29, 1.82) is 0 Å². The standard InChI is InChI=1S/C20H21FN4O5/c1-4-24-18(27)20(17(26)23-19(24)28)6-11-5-12-7-22-30-15(12)13(21)14(11)25-8-9(2)29-10(3)16(20)25/h5,7,9-10,16H,4,6,8H2,1-3H3,(H,23,26,28)/t9-,10+,16-,20?/m1/s1. The van der Waals surface area contributed by atoms with Gasteiger partial charge in [-0.1, -0.05) is 5.16 Å². The molecule has 4 heterocycles. The summed E-state index contributed by atoms with van der Waals surface area (Å²) in [5.41, 5.74) is -0.805. The first-order valence-electron chi connectivity index (χ1n) is 9.94. The number of anilines is 1. The third-order valence-corrected chi connectivity index (χ3v) is 6.40. The maximum atomic E-state index is 15.5. The molecule has 5 rings (SSSR count). The lowest BCUT2D eigenvalue weighted by Gasteiger charge is -2.56.